The second-order valence-corrected chi connectivity index (χ2v) is 4.63. The number of allylic oxidation sites excluding steroid dienone is 1. The molecule has 6 heteroatoms. The van der Waals surface area contributed by atoms with Crippen molar-refractivity contribution < 1.29 is 18.0 Å². The van der Waals surface area contributed by atoms with E-state index < -0.39 is 30.5 Å². The number of aliphatic imine (C=N–C) groups is 1. The van der Waals surface area contributed by atoms with Gasteiger partial charge in [-0.2, -0.15) is 0 Å². The molecule has 0 amide bonds. The van der Waals surface area contributed by atoms with Gasteiger partial charge in [0, 0.05) is 6.20 Å². The number of Topliss-reactive ketones (excluding diaryl/α,β-unsaturated/α-hetero) is 1. The van der Waals surface area contributed by atoms with E-state index in [0.29, 0.717) is 5.57 Å². The van der Waals surface area contributed by atoms with Crippen molar-refractivity contribution in [1.82, 2.24) is 4.90 Å². The van der Waals surface area contributed by atoms with E-state index in [2.05, 4.69) is 11.6 Å². The largest absolute Gasteiger partial charge is 0.346 e. The van der Waals surface area contributed by atoms with Gasteiger partial charge in [0.25, 0.3) is 0 Å². The van der Waals surface area contributed by atoms with Gasteiger partial charge >= 0.3 is 5.92 Å². The molecule has 106 valence electrons. The number of carbonyl (C=O) groups excluding carboxylic acids is 1. The molecule has 1 fully saturated rings. The number of carbonyl (C=O) groups is 1. The minimum Gasteiger partial charge on any atom is -0.346 e. The Morgan fingerprint density at radius 3 is 2.26 bits per heavy atom. The third-order valence-corrected chi connectivity index (χ3v) is 2.96. The second kappa shape index (κ2) is 5.19. The number of hydrogen-bond acceptors (Lipinski definition) is 2. The van der Waals surface area contributed by atoms with Gasteiger partial charge in [-0.1, -0.05) is 12.7 Å². The smallest absolute Gasteiger partial charge is 0.307 e. The Morgan fingerprint density at radius 2 is 1.89 bits per heavy atom. The quantitative estimate of drug-likeness (QED) is 0.585. The average molecular weight is 274 g/mol. The summed E-state index contributed by atoms with van der Waals surface area (Å²) in [4.78, 5) is 16.2. The minimum atomic E-state index is -3.73. The zero-order chi connectivity index (χ0) is 14.8. The van der Waals surface area contributed by atoms with E-state index in [0.717, 1.165) is 11.8 Å². The van der Waals surface area contributed by atoms with Crippen molar-refractivity contribution in [3.8, 4) is 0 Å². The first kappa shape index (κ1) is 15.5. The molecule has 1 saturated heterocycles. The molecule has 1 aliphatic rings. The Balaban J connectivity index is 3.13. The standard InChI is InChI=1S/C13H17F3N2O/c1-5-6-17-11(9(2)3)18-7-12(14,10(4)19)13(15,16)8-18/h5-6H,2,7-8H2,1,3-4H3/b6-5-,17-11?/t12-/m0/s1. The summed E-state index contributed by atoms with van der Waals surface area (Å²) in [6, 6.07) is 0. The molecule has 1 atom stereocenters. The highest BCUT2D eigenvalue weighted by Gasteiger charge is 2.65. The molecule has 0 radical (unpaired) electrons. The maximum absolute atomic E-state index is 14.2. The molecule has 1 rings (SSSR count). The third-order valence-electron chi connectivity index (χ3n) is 2.96. The van der Waals surface area contributed by atoms with Gasteiger partial charge in [-0.05, 0) is 26.3 Å². The zero-order valence-electron chi connectivity index (χ0n) is 11.2. The van der Waals surface area contributed by atoms with E-state index in [9.17, 15) is 18.0 Å². The molecule has 1 aliphatic heterocycles. The Hall–Kier alpha value is -1.59. The molecule has 0 unspecified atom stereocenters. The fourth-order valence-electron chi connectivity index (χ4n) is 1.93. The van der Waals surface area contributed by atoms with Crippen LogP contribution < -0.4 is 0 Å². The molecule has 0 aromatic rings. The van der Waals surface area contributed by atoms with Crippen LogP contribution in [0.3, 0.4) is 0 Å². The van der Waals surface area contributed by atoms with E-state index in [-0.39, 0.29) is 5.84 Å². The number of alkyl halides is 3. The molecular weight excluding hydrogens is 257 g/mol. The summed E-state index contributed by atoms with van der Waals surface area (Å²) in [6.07, 6.45) is 3.03. The number of ketones is 1. The molecular formula is C13H17F3N2O. The molecule has 0 spiro atoms. The SMILES string of the molecule is C=C(C)C(=N/C=C\C)N1CC(F)(F)[C@@](F)(C(C)=O)C1. The van der Waals surface area contributed by atoms with Crippen molar-refractivity contribution >= 4 is 11.6 Å². The van der Waals surface area contributed by atoms with Gasteiger partial charge < -0.3 is 4.90 Å². The topological polar surface area (TPSA) is 32.7 Å². The maximum Gasteiger partial charge on any atom is 0.307 e. The third kappa shape index (κ3) is 2.72. The Bertz CT molecular complexity index is 457. The molecule has 0 aliphatic carbocycles. The lowest BCUT2D eigenvalue weighted by Gasteiger charge is -2.22. The van der Waals surface area contributed by atoms with Crippen LogP contribution in [0.4, 0.5) is 13.2 Å². The van der Waals surface area contributed by atoms with E-state index in [1.165, 1.54) is 6.20 Å². The van der Waals surface area contributed by atoms with E-state index >= 15 is 0 Å². The molecule has 3 nitrogen and oxygen atoms in total. The fraction of sp³-hybridized carbons (Fsp3) is 0.538. The van der Waals surface area contributed by atoms with Crippen LogP contribution in [0.25, 0.3) is 0 Å². The first-order valence-corrected chi connectivity index (χ1v) is 5.83. The minimum absolute atomic E-state index is 0.165. The van der Waals surface area contributed by atoms with Gasteiger partial charge in [0.15, 0.2) is 5.78 Å². The van der Waals surface area contributed by atoms with Crippen molar-refractivity contribution in [2.75, 3.05) is 13.1 Å². The first-order valence-electron chi connectivity index (χ1n) is 5.83. The molecule has 0 saturated carbocycles. The van der Waals surface area contributed by atoms with Gasteiger partial charge in [-0.25, -0.2) is 18.2 Å². The molecule has 0 N–H and O–H groups in total. The van der Waals surface area contributed by atoms with E-state index in [1.807, 2.05) is 0 Å². The van der Waals surface area contributed by atoms with Crippen molar-refractivity contribution in [2.45, 2.75) is 32.4 Å². The lowest BCUT2D eigenvalue weighted by Crippen LogP contribution is -2.48. The zero-order valence-corrected chi connectivity index (χ0v) is 11.2. The van der Waals surface area contributed by atoms with Crippen molar-refractivity contribution in [1.29, 1.82) is 0 Å². The summed E-state index contributed by atoms with van der Waals surface area (Å²) in [5.41, 5.74) is -2.74. The van der Waals surface area contributed by atoms with E-state index in [1.54, 1.807) is 19.9 Å². The predicted octanol–water partition coefficient (Wildman–Crippen LogP) is 2.74. The number of nitrogens with zero attached hydrogens (tertiary/aromatic N) is 2. The highest BCUT2D eigenvalue weighted by molar-refractivity contribution is 5.99. The highest BCUT2D eigenvalue weighted by atomic mass is 19.3. The molecule has 0 aromatic heterocycles. The molecule has 0 bridgehead atoms. The number of likely N-dealkylation sites (tertiary alicyclic amines) is 1. The monoisotopic (exact) mass is 274 g/mol. The Labute approximate surface area is 110 Å². The summed E-state index contributed by atoms with van der Waals surface area (Å²) in [7, 11) is 0. The van der Waals surface area contributed by atoms with Crippen LogP contribution in [0.1, 0.15) is 20.8 Å². The lowest BCUT2D eigenvalue weighted by molar-refractivity contribution is -0.150. The maximum atomic E-state index is 14.2. The van der Waals surface area contributed by atoms with Gasteiger partial charge in [0.2, 0.25) is 5.67 Å². The normalized spacial score (nSPS) is 27.1. The van der Waals surface area contributed by atoms with Gasteiger partial charge in [0.05, 0.1) is 13.1 Å². The number of amidine groups is 1. The summed E-state index contributed by atoms with van der Waals surface area (Å²) >= 11 is 0. The molecule has 0 aromatic carbocycles. The van der Waals surface area contributed by atoms with Crippen LogP contribution in [-0.2, 0) is 4.79 Å². The molecule has 19 heavy (non-hydrogen) atoms. The van der Waals surface area contributed by atoms with Gasteiger partial charge in [-0.3, -0.25) is 4.79 Å². The summed E-state index contributed by atoms with van der Waals surface area (Å²) < 4.78 is 41.6. The Morgan fingerprint density at radius 1 is 1.32 bits per heavy atom. The van der Waals surface area contributed by atoms with Crippen LogP contribution >= 0.6 is 0 Å². The number of halogens is 3. The highest BCUT2D eigenvalue weighted by Crippen LogP contribution is 2.41. The molecule has 1 heterocycles. The van der Waals surface area contributed by atoms with E-state index in [4.69, 9.17) is 0 Å². The van der Waals surface area contributed by atoms with Crippen molar-refractivity contribution in [3.63, 3.8) is 0 Å². The number of hydrogen-bond donors (Lipinski definition) is 0. The van der Waals surface area contributed by atoms with Crippen molar-refractivity contribution in [2.24, 2.45) is 4.99 Å². The summed E-state index contributed by atoms with van der Waals surface area (Å²) in [6.45, 7) is 6.18. The van der Waals surface area contributed by atoms with Crippen molar-refractivity contribution in [3.05, 3.63) is 24.4 Å². The van der Waals surface area contributed by atoms with Crippen LogP contribution in [0.5, 0.6) is 0 Å². The van der Waals surface area contributed by atoms with Crippen LogP contribution in [0.2, 0.25) is 0 Å². The Kier molecular flexibility index (Phi) is 4.22. The van der Waals surface area contributed by atoms with Gasteiger partial charge in [0.1, 0.15) is 5.84 Å². The van der Waals surface area contributed by atoms with Crippen LogP contribution in [0.15, 0.2) is 29.4 Å². The van der Waals surface area contributed by atoms with Crippen LogP contribution in [-0.4, -0.2) is 41.2 Å². The predicted molar refractivity (Wildman–Crippen MR) is 68.1 cm³/mol. The summed E-state index contributed by atoms with van der Waals surface area (Å²) in [5, 5.41) is 0. The first-order chi connectivity index (χ1) is 8.65. The van der Waals surface area contributed by atoms with Crippen LogP contribution in [0, 0.1) is 0 Å². The average Bonchev–Trinajstić information content (AvgIpc) is 2.51. The van der Waals surface area contributed by atoms with Gasteiger partial charge in [-0.15, -0.1) is 0 Å². The second-order valence-electron chi connectivity index (χ2n) is 4.63. The fourth-order valence-corrected chi connectivity index (χ4v) is 1.93. The number of rotatable bonds is 3. The lowest BCUT2D eigenvalue weighted by atomic mass is 9.97. The summed E-state index contributed by atoms with van der Waals surface area (Å²) in [5.74, 6) is -4.74.